The number of rotatable bonds is 24. The van der Waals surface area contributed by atoms with Gasteiger partial charge in [-0.2, -0.15) is 0 Å². The van der Waals surface area contributed by atoms with Gasteiger partial charge < -0.3 is 38.8 Å². The molecule has 1 fully saturated rings. The number of hydrogen-bond donors (Lipinski definition) is 4. The van der Waals surface area contributed by atoms with Crippen molar-refractivity contribution < 1.29 is 33.4 Å². The number of ether oxygens (including phenoxy) is 2. The number of halogens is 1. The third-order valence-electron chi connectivity index (χ3n) is 12.2. The molecule has 4 N–H and O–H groups in total. The summed E-state index contributed by atoms with van der Waals surface area (Å²) in [6, 6.07) is 10.1. The molecular weight excluding hydrogens is 903 g/mol. The number of likely N-dealkylation sites (tertiary alicyclic amines) is 1. The Balaban J connectivity index is 1.79. The summed E-state index contributed by atoms with van der Waals surface area (Å²) in [5.74, 6) is -2.29. The zero-order valence-corrected chi connectivity index (χ0v) is 41.1. The first-order chi connectivity index (χ1) is 29.4. The monoisotopic (exact) mass is 976 g/mol. The Hall–Kier alpha value is -3.87. The number of aromatic nitrogens is 1. The molecule has 3 rings (SSSR count). The van der Waals surface area contributed by atoms with Crippen LogP contribution >= 0.6 is 22.9 Å². The van der Waals surface area contributed by atoms with Crippen LogP contribution in [0.5, 0.6) is 0 Å². The van der Waals surface area contributed by atoms with E-state index in [1.54, 1.807) is 43.1 Å². The molecule has 0 unspecified atom stereocenters. The molecule has 0 bridgehead atoms. The van der Waals surface area contributed by atoms with Crippen LogP contribution in [0, 0.1) is 23.7 Å². The summed E-state index contributed by atoms with van der Waals surface area (Å²) in [5, 5.41) is 8.99. The van der Waals surface area contributed by atoms with Crippen LogP contribution in [0.2, 0.25) is 0 Å². The number of methoxy groups -OCH3 is 2. The fourth-order valence-corrected chi connectivity index (χ4v) is 9.01. The number of nitrogens with zero attached hydrogens (tertiary/aromatic N) is 4. The van der Waals surface area contributed by atoms with E-state index in [1.807, 2.05) is 96.9 Å². The van der Waals surface area contributed by atoms with Crippen LogP contribution < -0.4 is 19.5 Å². The molecule has 2 heterocycles. The number of hydrogen-bond acceptors (Lipinski definition) is 10. The summed E-state index contributed by atoms with van der Waals surface area (Å²) in [4.78, 5) is 79.7. The maximum atomic E-state index is 14.4. The number of anilines is 1. The molecule has 1 saturated heterocycles. The largest absolute Gasteiger partial charge is 0.379 e. The molecule has 0 aliphatic carbocycles. The van der Waals surface area contributed by atoms with Gasteiger partial charge in [0.25, 0.3) is 0 Å². The summed E-state index contributed by atoms with van der Waals surface area (Å²) in [7, 11) is 8.53. The molecule has 9 atom stereocenters. The quantitative estimate of drug-likeness (QED) is 0.0843. The van der Waals surface area contributed by atoms with E-state index in [1.165, 1.54) is 7.11 Å². The number of likely N-dealkylation sites (N-methyl/N-ethyl adjacent to an activating group) is 2. The van der Waals surface area contributed by atoms with E-state index >= 15 is 0 Å². The number of nitrogens with one attached hydrogen (secondary N) is 4. The highest BCUT2D eigenvalue weighted by Gasteiger charge is 2.43. The minimum atomic E-state index is -0.915. The van der Waals surface area contributed by atoms with Gasteiger partial charge in [0.2, 0.25) is 29.5 Å². The van der Waals surface area contributed by atoms with Crippen molar-refractivity contribution >= 4 is 58.1 Å². The lowest BCUT2D eigenvalue weighted by atomic mass is 9.89. The molecule has 0 saturated carbocycles. The molecule has 1 aliphatic heterocycles. The smallest absolute Gasteiger partial charge is 0.245 e. The van der Waals surface area contributed by atoms with E-state index in [-0.39, 0.29) is 66.7 Å². The van der Waals surface area contributed by atoms with E-state index < -0.39 is 48.3 Å². The molecule has 0 spiro atoms. The highest BCUT2D eigenvalue weighted by atomic mass is 127. The van der Waals surface area contributed by atoms with Crippen molar-refractivity contribution in [2.75, 3.05) is 45.4 Å². The van der Waals surface area contributed by atoms with Crippen LogP contribution in [0.1, 0.15) is 85.4 Å². The number of carbonyl (C=O) groups is 5. The Kier molecular flexibility index (Phi) is 21.5. The van der Waals surface area contributed by atoms with Crippen molar-refractivity contribution in [1.29, 1.82) is 0 Å². The first-order valence-corrected chi connectivity index (χ1v) is 23.0. The maximum Gasteiger partial charge on any atom is 0.245 e. The van der Waals surface area contributed by atoms with Crippen molar-refractivity contribution in [1.82, 2.24) is 35.6 Å². The van der Waals surface area contributed by atoms with E-state index in [9.17, 15) is 24.0 Å². The highest BCUT2D eigenvalue weighted by molar-refractivity contribution is 14.1. The summed E-state index contributed by atoms with van der Waals surface area (Å²) in [5.41, 5.74) is 2.50. The molecule has 2 aromatic rings. The van der Waals surface area contributed by atoms with Gasteiger partial charge in [-0.05, 0) is 74.5 Å². The summed E-state index contributed by atoms with van der Waals surface area (Å²) in [6.45, 7) is 14.4. The molecule has 15 nitrogen and oxygen atoms in total. The molecule has 1 aromatic carbocycles. The van der Waals surface area contributed by atoms with Crippen molar-refractivity contribution in [3.8, 4) is 0 Å². The predicted octanol–water partition coefficient (Wildman–Crippen LogP) is 4.83. The summed E-state index contributed by atoms with van der Waals surface area (Å²) in [6.07, 6.45) is 2.55. The number of pyridine rings is 1. The predicted molar refractivity (Wildman–Crippen MR) is 251 cm³/mol. The van der Waals surface area contributed by atoms with Gasteiger partial charge in [0.15, 0.2) is 0 Å². The Morgan fingerprint density at radius 1 is 0.887 bits per heavy atom. The van der Waals surface area contributed by atoms with Gasteiger partial charge in [-0.15, -0.1) is 0 Å². The molecule has 5 amide bonds. The third kappa shape index (κ3) is 14.3. The number of benzene rings is 1. The van der Waals surface area contributed by atoms with E-state index in [2.05, 4.69) is 47.3 Å². The van der Waals surface area contributed by atoms with Crippen molar-refractivity contribution in [3.63, 3.8) is 0 Å². The van der Waals surface area contributed by atoms with Gasteiger partial charge in [-0.3, -0.25) is 33.9 Å². The lowest BCUT2D eigenvalue weighted by Crippen LogP contribution is -2.59. The topological polar surface area (TPSA) is 175 Å². The lowest BCUT2D eigenvalue weighted by molar-refractivity contribution is -0.148. The molecule has 346 valence electrons. The Morgan fingerprint density at radius 3 is 2.10 bits per heavy atom. The van der Waals surface area contributed by atoms with E-state index in [0.29, 0.717) is 18.7 Å². The second-order valence-corrected chi connectivity index (χ2v) is 18.1. The zero-order valence-electron chi connectivity index (χ0n) is 38.9. The van der Waals surface area contributed by atoms with Crippen LogP contribution in [0.25, 0.3) is 0 Å². The van der Waals surface area contributed by atoms with E-state index in [0.717, 1.165) is 24.1 Å². The van der Waals surface area contributed by atoms with Gasteiger partial charge in [-0.25, -0.2) is 0 Å². The zero-order chi connectivity index (χ0) is 46.3. The lowest BCUT2D eigenvalue weighted by Gasteiger charge is -2.41. The van der Waals surface area contributed by atoms with Crippen LogP contribution in [0.3, 0.4) is 0 Å². The first-order valence-electron chi connectivity index (χ1n) is 21.9. The van der Waals surface area contributed by atoms with Gasteiger partial charge >= 0.3 is 0 Å². The molecule has 1 aliphatic rings. The average Bonchev–Trinajstić information content (AvgIpc) is 3.73. The van der Waals surface area contributed by atoms with Crippen LogP contribution in [-0.2, 0) is 46.4 Å². The summed E-state index contributed by atoms with van der Waals surface area (Å²) >= 11 is 2.06. The fraction of sp³-hybridized carbons (Fsp3) is 0.652. The molecule has 1 aromatic heterocycles. The van der Waals surface area contributed by atoms with Crippen molar-refractivity contribution in [3.05, 3.63) is 59.9 Å². The number of carbonyl (C=O) groups excluding carboxylic acids is 5. The Bertz CT molecular complexity index is 1730. The van der Waals surface area contributed by atoms with Crippen LogP contribution in [0.15, 0.2) is 48.7 Å². The van der Waals surface area contributed by atoms with Gasteiger partial charge in [-0.1, -0.05) is 73.1 Å². The Labute approximate surface area is 384 Å². The molecule has 16 heteroatoms. The fourth-order valence-electron chi connectivity index (χ4n) is 8.65. The minimum absolute atomic E-state index is 0.00493. The van der Waals surface area contributed by atoms with Gasteiger partial charge in [0, 0.05) is 58.4 Å². The first kappa shape index (κ1) is 52.5. The molecule has 62 heavy (non-hydrogen) atoms. The SMILES string of the molecule is CC[C@H](C)[C@@H]([C@@H](CC(=O)N1CCC[C@H]1[C@H](OC)[C@@H](C)C(=O)N[C@@H](Cc1ccccn1)C(=O)NCc1ccc(NI)cc1)OC)N(C)C(=O)[C@@H](NC(=O)[C@H](C(C)C)N(C)C)C(C)C. The van der Waals surface area contributed by atoms with Crippen molar-refractivity contribution in [2.45, 2.75) is 130 Å². The standard InChI is InChI=1S/C46H73IN8O7/c1-13-30(6)41(54(10)46(60)39(28(2)3)51-45(59)40(29(4)5)53(8)9)37(61-11)26-38(56)55-24-16-18-36(55)42(62-12)31(7)43(57)50-35(25-34-17-14-15-23-48-34)44(58)49-27-32-19-21-33(52-47)22-20-32/h14-15,17,19-23,28-31,35-37,39-42,52H,13,16,18,24-27H2,1-12H3,(H,49,58)(H,50,57)(H,51,59)/t30-,31+,35-,36-,37+,39-,40-,41-,42+/m0/s1. The van der Waals surface area contributed by atoms with Crippen LogP contribution in [-0.4, -0.2) is 134 Å². The van der Waals surface area contributed by atoms with Crippen molar-refractivity contribution in [2.24, 2.45) is 23.7 Å². The summed E-state index contributed by atoms with van der Waals surface area (Å²) < 4.78 is 15.1. The second-order valence-electron chi connectivity index (χ2n) is 17.6. The average molecular weight is 977 g/mol. The number of amides is 5. The normalized spacial score (nSPS) is 18.0. The minimum Gasteiger partial charge on any atom is -0.379 e. The Morgan fingerprint density at radius 2 is 1.56 bits per heavy atom. The molecule has 0 radical (unpaired) electrons. The van der Waals surface area contributed by atoms with E-state index in [4.69, 9.17) is 9.47 Å². The second kappa shape index (κ2) is 25.4. The van der Waals surface area contributed by atoms with Gasteiger partial charge in [0.1, 0.15) is 12.1 Å². The highest BCUT2D eigenvalue weighted by Crippen LogP contribution is 2.30. The maximum absolute atomic E-state index is 14.4. The third-order valence-corrected chi connectivity index (χ3v) is 12.9. The molecular formula is C46H73IN8O7. The van der Waals surface area contributed by atoms with Gasteiger partial charge in [0.05, 0.1) is 65.5 Å². The van der Waals surface area contributed by atoms with Crippen LogP contribution in [0.4, 0.5) is 5.69 Å².